The van der Waals surface area contributed by atoms with Gasteiger partial charge >= 0.3 is 11.9 Å². The van der Waals surface area contributed by atoms with E-state index in [0.717, 1.165) is 37.7 Å². The molecule has 0 bridgehead atoms. The molecule has 0 heterocycles. The summed E-state index contributed by atoms with van der Waals surface area (Å²) in [6.07, 6.45) is 8.15. The number of carbonyl (C=O) groups excluding carboxylic acids is 3. The van der Waals surface area contributed by atoms with Crippen molar-refractivity contribution in [3.8, 4) is 0 Å². The molecule has 4 aliphatic rings. The van der Waals surface area contributed by atoms with Crippen LogP contribution >= 0.6 is 0 Å². The topological polar surface area (TPSA) is 69.7 Å². The third-order valence-electron chi connectivity index (χ3n) is 8.99. The Bertz CT molecular complexity index is 754. The van der Waals surface area contributed by atoms with E-state index in [1.165, 1.54) is 7.11 Å². The first-order valence-corrected chi connectivity index (χ1v) is 11.3. The van der Waals surface area contributed by atoms with Gasteiger partial charge in [-0.05, 0) is 67.8 Å². The van der Waals surface area contributed by atoms with Crippen LogP contribution in [0.5, 0.6) is 0 Å². The average Bonchev–Trinajstić information content (AvgIpc) is 3.03. The zero-order chi connectivity index (χ0) is 21.0. The smallest absolute Gasteiger partial charge is 0.309 e. The molecule has 29 heavy (non-hydrogen) atoms. The van der Waals surface area contributed by atoms with Crippen molar-refractivity contribution in [3.63, 3.8) is 0 Å². The number of fused-ring (bicyclic) bond motifs is 5. The third-order valence-corrected chi connectivity index (χ3v) is 8.99. The van der Waals surface area contributed by atoms with E-state index in [9.17, 15) is 14.4 Å². The SMILES string of the molecule is CCC(=O)OC1CCC2C3C(C(=O)OC)CC4=CC(=O)CC[C@]4(C)C3CC[C@]12C. The molecule has 3 fully saturated rings. The summed E-state index contributed by atoms with van der Waals surface area (Å²) in [5.41, 5.74) is 1.06. The maximum atomic E-state index is 12.9. The number of ketones is 1. The van der Waals surface area contributed by atoms with E-state index in [1.807, 2.05) is 13.0 Å². The zero-order valence-corrected chi connectivity index (χ0v) is 18.2. The largest absolute Gasteiger partial charge is 0.469 e. The van der Waals surface area contributed by atoms with Crippen LogP contribution in [0.4, 0.5) is 0 Å². The lowest BCUT2D eigenvalue weighted by Gasteiger charge is -2.59. The Kier molecular flexibility index (Phi) is 5.15. The minimum absolute atomic E-state index is 0.0113. The molecule has 0 amide bonds. The van der Waals surface area contributed by atoms with Crippen molar-refractivity contribution in [2.24, 2.45) is 34.5 Å². The van der Waals surface area contributed by atoms with Crippen LogP contribution in [0.3, 0.4) is 0 Å². The van der Waals surface area contributed by atoms with Gasteiger partial charge in [0.25, 0.3) is 0 Å². The first-order valence-electron chi connectivity index (χ1n) is 11.3. The molecule has 0 aromatic rings. The van der Waals surface area contributed by atoms with E-state index in [1.54, 1.807) is 0 Å². The van der Waals surface area contributed by atoms with Crippen LogP contribution in [0.15, 0.2) is 11.6 Å². The van der Waals surface area contributed by atoms with Crippen LogP contribution in [0.2, 0.25) is 0 Å². The molecule has 4 aliphatic carbocycles. The van der Waals surface area contributed by atoms with Gasteiger partial charge in [0.2, 0.25) is 0 Å². The number of carbonyl (C=O) groups is 3. The molecule has 3 saturated carbocycles. The van der Waals surface area contributed by atoms with Crippen molar-refractivity contribution >= 4 is 17.7 Å². The highest BCUT2D eigenvalue weighted by Crippen LogP contribution is 2.67. The second kappa shape index (κ2) is 7.24. The first kappa shape index (κ1) is 20.6. The van der Waals surface area contributed by atoms with Gasteiger partial charge in [-0.2, -0.15) is 0 Å². The number of esters is 2. The number of hydrogen-bond acceptors (Lipinski definition) is 5. The minimum atomic E-state index is -0.208. The lowest BCUT2D eigenvalue weighted by molar-refractivity contribution is -0.168. The Morgan fingerprint density at radius 3 is 2.59 bits per heavy atom. The summed E-state index contributed by atoms with van der Waals surface area (Å²) in [6, 6.07) is 0. The Labute approximate surface area is 173 Å². The van der Waals surface area contributed by atoms with Crippen LogP contribution in [0, 0.1) is 34.5 Å². The molecule has 160 valence electrons. The van der Waals surface area contributed by atoms with Gasteiger partial charge in [0.05, 0.1) is 13.0 Å². The number of methoxy groups -OCH3 is 1. The number of allylic oxidation sites excluding steroid dienone is 1. The standard InChI is InChI=1S/C24H34O5/c1-5-20(26)29-19-7-6-17-21-16(22(27)28-4)13-14-12-15(25)8-10-23(14,2)18(21)9-11-24(17,19)3/h12,16-19,21H,5-11,13H2,1-4H3/t16?,17?,18?,19?,21?,23-,24-/m0/s1. The molecular formula is C24H34O5. The summed E-state index contributed by atoms with van der Waals surface area (Å²) >= 11 is 0. The fraction of sp³-hybridized carbons (Fsp3) is 0.792. The molecule has 0 aromatic carbocycles. The molecule has 4 rings (SSSR count). The maximum absolute atomic E-state index is 12.9. The molecule has 0 radical (unpaired) electrons. The summed E-state index contributed by atoms with van der Waals surface area (Å²) in [6.45, 7) is 6.41. The highest BCUT2D eigenvalue weighted by molar-refractivity contribution is 5.92. The fourth-order valence-electron chi connectivity index (χ4n) is 7.34. The highest BCUT2D eigenvalue weighted by atomic mass is 16.5. The van der Waals surface area contributed by atoms with Crippen LogP contribution in [-0.4, -0.2) is 30.9 Å². The van der Waals surface area contributed by atoms with Gasteiger partial charge in [-0.3, -0.25) is 14.4 Å². The van der Waals surface area contributed by atoms with Crippen LogP contribution in [0.1, 0.15) is 72.1 Å². The maximum Gasteiger partial charge on any atom is 0.309 e. The van der Waals surface area contributed by atoms with Gasteiger partial charge < -0.3 is 9.47 Å². The second-order valence-corrected chi connectivity index (χ2v) is 10.1. The molecule has 0 N–H and O–H groups in total. The van der Waals surface area contributed by atoms with Gasteiger partial charge in [-0.1, -0.05) is 26.3 Å². The van der Waals surface area contributed by atoms with Crippen LogP contribution < -0.4 is 0 Å². The van der Waals surface area contributed by atoms with Crippen molar-refractivity contribution in [1.82, 2.24) is 0 Å². The van der Waals surface area contributed by atoms with Crippen LogP contribution in [0.25, 0.3) is 0 Å². The van der Waals surface area contributed by atoms with Crippen molar-refractivity contribution < 1.29 is 23.9 Å². The first-order chi connectivity index (χ1) is 13.7. The van der Waals surface area contributed by atoms with E-state index in [4.69, 9.17) is 9.47 Å². The van der Waals surface area contributed by atoms with Crippen molar-refractivity contribution in [3.05, 3.63) is 11.6 Å². The number of ether oxygens (including phenoxy) is 2. The molecule has 5 nitrogen and oxygen atoms in total. The zero-order valence-electron chi connectivity index (χ0n) is 18.2. The molecule has 0 aliphatic heterocycles. The normalized spacial score (nSPS) is 43.5. The van der Waals surface area contributed by atoms with E-state index in [-0.39, 0.29) is 46.5 Å². The molecule has 0 spiro atoms. The molecule has 5 unspecified atom stereocenters. The predicted octanol–water partition coefficient (Wildman–Crippen LogP) is 4.24. The van der Waals surface area contributed by atoms with Crippen molar-refractivity contribution in [2.75, 3.05) is 7.11 Å². The van der Waals surface area contributed by atoms with Gasteiger partial charge in [-0.15, -0.1) is 0 Å². The monoisotopic (exact) mass is 402 g/mol. The molecular weight excluding hydrogens is 368 g/mol. The lowest BCUT2D eigenvalue weighted by atomic mass is 9.45. The number of hydrogen-bond donors (Lipinski definition) is 0. The van der Waals surface area contributed by atoms with Gasteiger partial charge in [0.15, 0.2) is 5.78 Å². The summed E-state index contributed by atoms with van der Waals surface area (Å²) in [4.78, 5) is 37.0. The Morgan fingerprint density at radius 2 is 1.90 bits per heavy atom. The van der Waals surface area contributed by atoms with Crippen LogP contribution in [-0.2, 0) is 23.9 Å². The number of rotatable bonds is 3. The van der Waals surface area contributed by atoms with E-state index in [2.05, 4.69) is 13.8 Å². The average molecular weight is 403 g/mol. The van der Waals surface area contributed by atoms with E-state index >= 15 is 0 Å². The van der Waals surface area contributed by atoms with E-state index in [0.29, 0.717) is 31.1 Å². The molecule has 7 atom stereocenters. The molecule has 0 aromatic heterocycles. The summed E-state index contributed by atoms with van der Waals surface area (Å²) < 4.78 is 11.1. The van der Waals surface area contributed by atoms with Gasteiger partial charge in [0, 0.05) is 18.3 Å². The van der Waals surface area contributed by atoms with E-state index < -0.39 is 0 Å². The third kappa shape index (κ3) is 3.07. The fourth-order valence-corrected chi connectivity index (χ4v) is 7.34. The van der Waals surface area contributed by atoms with Gasteiger partial charge in [-0.25, -0.2) is 0 Å². The predicted molar refractivity (Wildman–Crippen MR) is 108 cm³/mol. The summed E-state index contributed by atoms with van der Waals surface area (Å²) in [5, 5.41) is 0. The van der Waals surface area contributed by atoms with Crippen molar-refractivity contribution in [2.45, 2.75) is 78.2 Å². The Morgan fingerprint density at radius 1 is 1.14 bits per heavy atom. The molecule has 0 saturated heterocycles. The highest BCUT2D eigenvalue weighted by Gasteiger charge is 2.63. The molecule has 5 heteroatoms. The Hall–Kier alpha value is -1.65. The lowest BCUT2D eigenvalue weighted by Crippen LogP contribution is -2.56. The quantitative estimate of drug-likeness (QED) is 0.661. The Balaban J connectivity index is 1.71. The van der Waals surface area contributed by atoms with Gasteiger partial charge in [0.1, 0.15) is 6.10 Å². The summed E-state index contributed by atoms with van der Waals surface area (Å²) in [7, 11) is 1.47. The minimum Gasteiger partial charge on any atom is -0.469 e. The second-order valence-electron chi connectivity index (χ2n) is 10.1. The van der Waals surface area contributed by atoms with Crippen molar-refractivity contribution in [1.29, 1.82) is 0 Å². The summed E-state index contributed by atoms with van der Waals surface area (Å²) in [5.74, 6) is 0.638.